The van der Waals surface area contributed by atoms with Gasteiger partial charge in [0.15, 0.2) is 6.04 Å². The van der Waals surface area contributed by atoms with Crippen molar-refractivity contribution in [2.45, 2.75) is 140 Å². The smallest absolute Gasteiger partial charge is 0.348 e. The van der Waals surface area contributed by atoms with Gasteiger partial charge in [0.25, 0.3) is 0 Å². The van der Waals surface area contributed by atoms with Crippen LogP contribution in [-0.4, -0.2) is 112 Å². The zero-order valence-corrected chi connectivity index (χ0v) is 62.9. The number of nitrogens with one attached hydrogen (secondary N) is 4. The third-order valence-electron chi connectivity index (χ3n) is 22.3. The van der Waals surface area contributed by atoms with Gasteiger partial charge in [-0.15, -0.1) is 0 Å². The van der Waals surface area contributed by atoms with E-state index in [4.69, 9.17) is 22.9 Å². The van der Waals surface area contributed by atoms with Gasteiger partial charge in [-0.25, -0.2) is 47.0 Å². The largest absolute Gasteiger partial charge is 0.399 e. The molecule has 0 saturated carbocycles. The maximum Gasteiger partial charge on any atom is 0.348 e. The molecule has 0 radical (unpaired) electrons. The molecule has 26 nitrogen and oxygen atoms in total. The Morgan fingerprint density at radius 1 is 0.393 bits per heavy atom. The first-order valence-corrected chi connectivity index (χ1v) is 38.8. The highest BCUT2D eigenvalue weighted by Gasteiger charge is 2.42. The van der Waals surface area contributed by atoms with Gasteiger partial charge in [-0.2, -0.15) is 0 Å². The van der Waals surface area contributed by atoms with Gasteiger partial charge in [0.1, 0.15) is 6.04 Å². The molecule has 0 aliphatic carbocycles. The van der Waals surface area contributed by atoms with E-state index in [9.17, 15) is 47.9 Å². The third-order valence-corrected chi connectivity index (χ3v) is 22.3. The Bertz CT molecular complexity index is 5220. The number of nitrogens with zero attached hydrogens (tertiary/aromatic N) is 8. The molecule has 14 rings (SSSR count). The molecule has 582 valence electrons. The minimum absolute atomic E-state index is 0.0140. The number of amides is 6. The second-order valence-electron chi connectivity index (χ2n) is 29.6. The Morgan fingerprint density at radius 3 is 1.29 bits per heavy atom. The van der Waals surface area contributed by atoms with Gasteiger partial charge in [-0.1, -0.05) is 170 Å². The third kappa shape index (κ3) is 18.3. The number of carbonyl (C=O) groups excluding carboxylic acids is 6. The van der Waals surface area contributed by atoms with Crippen LogP contribution in [0.3, 0.4) is 0 Å². The molecule has 4 aliphatic heterocycles. The molecule has 2 fully saturated rings. The van der Waals surface area contributed by atoms with Gasteiger partial charge >= 0.3 is 22.8 Å². The van der Waals surface area contributed by atoms with E-state index in [2.05, 4.69) is 21.3 Å². The van der Waals surface area contributed by atoms with Gasteiger partial charge < -0.3 is 54.0 Å². The number of nitrogens with two attached hydrogens (primary N) is 4. The lowest BCUT2D eigenvalue weighted by Crippen LogP contribution is -2.47. The average molecular weight is 1520 g/mol. The van der Waals surface area contributed by atoms with Crippen molar-refractivity contribution in [3.05, 3.63) is 281 Å². The average Bonchev–Trinajstić information content (AvgIpc) is 1.58. The zero-order chi connectivity index (χ0) is 78.4. The van der Waals surface area contributed by atoms with Crippen LogP contribution in [-0.2, 0) is 80.9 Å². The number of carbonyl (C=O) groups is 6. The number of hydrogen-bond acceptors (Lipinski definition) is 14. The number of likely N-dealkylation sites (tertiary alicyclic amines) is 2. The van der Waals surface area contributed by atoms with Crippen LogP contribution in [0.15, 0.2) is 213 Å². The van der Waals surface area contributed by atoms with Gasteiger partial charge in [-0.3, -0.25) is 28.8 Å². The molecule has 8 aromatic carbocycles. The Hall–Kier alpha value is -12.2. The number of piperidine rings is 2. The van der Waals surface area contributed by atoms with Crippen LogP contribution in [0.1, 0.15) is 133 Å². The van der Waals surface area contributed by atoms with E-state index in [-0.39, 0.29) is 86.4 Å². The summed E-state index contributed by atoms with van der Waals surface area (Å²) in [6.45, 7) is 4.37. The summed E-state index contributed by atoms with van der Waals surface area (Å²) >= 11 is 0. The van der Waals surface area contributed by atoms with Gasteiger partial charge in [0.2, 0.25) is 35.4 Å². The van der Waals surface area contributed by atoms with Gasteiger partial charge in [0.05, 0.1) is 38.0 Å². The molecule has 2 aromatic heterocycles. The fourth-order valence-corrected chi connectivity index (χ4v) is 16.0. The molecule has 0 spiro atoms. The minimum atomic E-state index is -1.03. The summed E-state index contributed by atoms with van der Waals surface area (Å²) in [7, 11) is 0. The fraction of sp³-hybridized carbons (Fsp3) is 0.349. The lowest BCUT2D eigenvalue weighted by molar-refractivity contribution is -0.133. The lowest BCUT2D eigenvalue weighted by Gasteiger charge is -2.39. The summed E-state index contributed by atoms with van der Waals surface area (Å²) < 4.78 is 8.20. The van der Waals surface area contributed by atoms with E-state index >= 15 is 0 Å². The number of allylic oxidation sites excluding steroid dienone is 1. The van der Waals surface area contributed by atoms with Crippen molar-refractivity contribution in [3.63, 3.8) is 0 Å². The summed E-state index contributed by atoms with van der Waals surface area (Å²) in [5, 5.41) is 15.6. The van der Waals surface area contributed by atoms with Crippen LogP contribution in [0.25, 0.3) is 21.5 Å². The maximum atomic E-state index is 14.4. The van der Waals surface area contributed by atoms with Crippen molar-refractivity contribution in [2.75, 3.05) is 50.7 Å². The molecule has 6 heterocycles. The number of rotatable bonds is 26. The number of anilines is 2. The van der Waals surface area contributed by atoms with Crippen LogP contribution < -0.4 is 67.0 Å². The number of aromatic nitrogens is 6. The van der Waals surface area contributed by atoms with E-state index in [1.807, 2.05) is 174 Å². The van der Waals surface area contributed by atoms with Crippen molar-refractivity contribution < 1.29 is 28.8 Å². The number of benzene rings is 8. The van der Waals surface area contributed by atoms with Gasteiger partial charge in [0, 0.05) is 89.7 Å². The monoisotopic (exact) mass is 1510 g/mol. The van der Waals surface area contributed by atoms with Crippen molar-refractivity contribution in [2.24, 2.45) is 23.3 Å². The summed E-state index contributed by atoms with van der Waals surface area (Å²) in [5.41, 5.74) is 29.4. The topological polar surface area (TPSA) is 359 Å². The summed E-state index contributed by atoms with van der Waals surface area (Å²) in [6, 6.07) is 54.3. The molecule has 2 saturated heterocycles. The second-order valence-corrected chi connectivity index (χ2v) is 29.6. The van der Waals surface area contributed by atoms with Crippen LogP contribution in [0.4, 0.5) is 11.4 Å². The van der Waals surface area contributed by atoms with Crippen molar-refractivity contribution in [3.8, 4) is 0 Å². The highest BCUT2D eigenvalue weighted by atomic mass is 16.2. The van der Waals surface area contributed by atoms with E-state index in [0.29, 0.717) is 128 Å². The van der Waals surface area contributed by atoms with Crippen LogP contribution >= 0.6 is 0 Å². The first kappa shape index (κ1) is 78.0. The Morgan fingerprint density at radius 2 is 0.804 bits per heavy atom. The van der Waals surface area contributed by atoms with E-state index in [1.165, 1.54) is 23.2 Å². The first-order chi connectivity index (χ1) is 54.4. The summed E-state index contributed by atoms with van der Waals surface area (Å²) in [6.07, 6.45) is 9.29. The second kappa shape index (κ2) is 36.1. The molecule has 4 unspecified atom stereocenters. The van der Waals surface area contributed by atoms with Crippen LogP contribution in [0.2, 0.25) is 0 Å². The molecule has 26 heteroatoms. The number of nitrogen functional groups attached to an aromatic ring is 2. The fourth-order valence-electron chi connectivity index (χ4n) is 16.0. The van der Waals surface area contributed by atoms with Gasteiger partial charge in [-0.05, 0) is 154 Å². The van der Waals surface area contributed by atoms with Crippen LogP contribution in [0, 0.1) is 11.8 Å². The zero-order valence-electron chi connectivity index (χ0n) is 62.9. The number of hydrogen-bond donors (Lipinski definition) is 8. The molecule has 10 aromatic rings. The summed E-state index contributed by atoms with van der Waals surface area (Å²) in [5.74, 6) is -0.898. The quantitative estimate of drug-likeness (QED) is 0.0153. The Labute approximate surface area is 648 Å². The molecular formula is C86H98N16O10. The SMILES string of the molecule is NCc1ccc(CNC(=O)C2C=CC(C3CCN(C(=O)CCCNC(=O)Cc4ccc(N)cc4)CC3)n3c(=O)n(Cc4cccc5ccccc45)c(=O)n32)cc1.NCc1ccc(CNC(=O)C2CCC(C3CCN(C(=O)CCCNC(=O)Cc4ccc(N)cc4)CC3)n3c(=O)n(Cc4cccc5ccccc45)c(=O)n32)cc1. The van der Waals surface area contributed by atoms with E-state index in [1.54, 1.807) is 35.0 Å². The Kier molecular flexibility index (Phi) is 25.2. The van der Waals surface area contributed by atoms with Crippen molar-refractivity contribution in [1.82, 2.24) is 58.9 Å². The standard InChI is InChI=1S/C43H50N8O5.C43H48N8O5/c2*44-26-30-10-12-31(13-11-30)27-47-41(54)38-19-18-37(50-42(55)49(43(56)51(38)50)28-34-7-3-6-32-5-1-2-8-36(32)34)33-20-23-48(24-21-33)40(53)9-4-22-46-39(52)25-29-14-16-35(45)17-15-29/h1-3,5-8,10-17,33,37-38H,4,9,18-28,44-45H2,(H,46,52)(H,47,54);1-3,5-8,10-19,33,37-38H,4,9,20-28,44-45H2,(H,46,52)(H,47,54). The maximum absolute atomic E-state index is 14.4. The Balaban J connectivity index is 0.000000196. The minimum Gasteiger partial charge on any atom is -0.399 e. The molecule has 0 bridgehead atoms. The molecule has 12 N–H and O–H groups in total. The highest BCUT2D eigenvalue weighted by molar-refractivity contribution is 5.87. The first-order valence-electron chi connectivity index (χ1n) is 38.8. The normalized spacial score (nSPS) is 16.9. The molecular weight excluding hydrogens is 1420 g/mol. The van der Waals surface area contributed by atoms with Crippen LogP contribution in [0.5, 0.6) is 0 Å². The van der Waals surface area contributed by atoms with Crippen molar-refractivity contribution >= 4 is 68.4 Å². The van der Waals surface area contributed by atoms with E-state index in [0.717, 1.165) is 66.1 Å². The lowest BCUT2D eigenvalue weighted by atomic mass is 9.85. The molecule has 6 amide bonds. The molecule has 112 heavy (non-hydrogen) atoms. The predicted octanol–water partition coefficient (Wildman–Crippen LogP) is 7.02. The van der Waals surface area contributed by atoms with Crippen molar-refractivity contribution in [1.29, 1.82) is 0 Å². The highest BCUT2D eigenvalue weighted by Crippen LogP contribution is 2.38. The number of fused-ring (bicyclic) bond motifs is 4. The molecule has 4 atom stereocenters. The summed E-state index contributed by atoms with van der Waals surface area (Å²) in [4.78, 5) is 140. The van der Waals surface area contributed by atoms with E-state index < -0.39 is 46.8 Å². The molecule has 4 aliphatic rings. The predicted molar refractivity (Wildman–Crippen MR) is 431 cm³/mol.